The van der Waals surface area contributed by atoms with E-state index in [4.69, 9.17) is 9.47 Å². The lowest BCUT2D eigenvalue weighted by Gasteiger charge is -2.33. The summed E-state index contributed by atoms with van der Waals surface area (Å²) in [5.74, 6) is -1.08. The predicted molar refractivity (Wildman–Crippen MR) is 81.5 cm³/mol. The molecule has 126 valence electrons. The molecule has 0 bridgehead atoms. The van der Waals surface area contributed by atoms with Gasteiger partial charge < -0.3 is 19.9 Å². The second-order valence-electron chi connectivity index (χ2n) is 5.46. The Balaban J connectivity index is 3.02. The van der Waals surface area contributed by atoms with Crippen LogP contribution in [0.4, 0.5) is 0 Å². The highest BCUT2D eigenvalue weighted by Crippen LogP contribution is 2.26. The van der Waals surface area contributed by atoms with Crippen molar-refractivity contribution >= 4 is 11.9 Å². The summed E-state index contributed by atoms with van der Waals surface area (Å²) in [4.78, 5) is 22.8. The van der Waals surface area contributed by atoms with Crippen LogP contribution in [0.25, 0.3) is 0 Å². The minimum Gasteiger partial charge on any atom is -0.480 e. The lowest BCUT2D eigenvalue weighted by Crippen LogP contribution is -2.58. The van der Waals surface area contributed by atoms with Crippen LogP contribution in [-0.2, 0) is 19.1 Å². The van der Waals surface area contributed by atoms with Crippen molar-refractivity contribution in [1.82, 2.24) is 10.6 Å². The van der Waals surface area contributed by atoms with Crippen molar-refractivity contribution in [2.24, 2.45) is 5.92 Å². The van der Waals surface area contributed by atoms with Crippen molar-refractivity contribution in [3.8, 4) is 0 Å². The third-order valence-electron chi connectivity index (χ3n) is 3.89. The number of ether oxygens (including phenoxy) is 2. The number of methoxy groups -OCH3 is 2. The fourth-order valence-electron chi connectivity index (χ4n) is 2.96. The number of hydrogen-bond acceptors (Lipinski definition) is 5. The van der Waals surface area contributed by atoms with Gasteiger partial charge in [-0.05, 0) is 19.3 Å². The van der Waals surface area contributed by atoms with Gasteiger partial charge >= 0.3 is 5.97 Å². The van der Waals surface area contributed by atoms with E-state index in [1.54, 1.807) is 14.2 Å². The first-order valence-corrected chi connectivity index (χ1v) is 7.35. The van der Waals surface area contributed by atoms with Gasteiger partial charge in [0.15, 0.2) is 0 Å². The molecule has 1 fully saturated rings. The van der Waals surface area contributed by atoms with E-state index in [2.05, 4.69) is 10.6 Å². The van der Waals surface area contributed by atoms with Gasteiger partial charge in [0.1, 0.15) is 12.1 Å². The van der Waals surface area contributed by atoms with E-state index in [9.17, 15) is 14.7 Å². The van der Waals surface area contributed by atoms with Crippen LogP contribution in [-0.4, -0.2) is 62.0 Å². The van der Waals surface area contributed by atoms with E-state index in [1.807, 2.05) is 19.1 Å². The zero-order valence-electron chi connectivity index (χ0n) is 13.5. The number of carbonyl (C=O) groups is 2. The summed E-state index contributed by atoms with van der Waals surface area (Å²) in [6.45, 7) is 3.63. The molecule has 1 aliphatic rings. The van der Waals surface area contributed by atoms with Gasteiger partial charge in [0.25, 0.3) is 0 Å². The van der Waals surface area contributed by atoms with Gasteiger partial charge in [-0.3, -0.25) is 14.9 Å². The minimum atomic E-state index is -0.890. The molecule has 0 saturated carbocycles. The summed E-state index contributed by atoms with van der Waals surface area (Å²) in [6.07, 6.45) is 3.97. The molecule has 0 spiro atoms. The maximum absolute atomic E-state index is 11.5. The molecule has 0 radical (unpaired) electrons. The molecule has 7 nitrogen and oxygen atoms in total. The van der Waals surface area contributed by atoms with Crippen LogP contribution >= 0.6 is 0 Å². The van der Waals surface area contributed by atoms with E-state index in [0.29, 0.717) is 13.0 Å². The zero-order chi connectivity index (χ0) is 16.7. The number of aliphatic carboxylic acids is 1. The number of hydrogen-bond donors (Lipinski definition) is 3. The summed E-state index contributed by atoms with van der Waals surface area (Å²) in [7, 11) is 3.11. The number of nitrogens with one attached hydrogen (secondary N) is 2. The Kier molecular flexibility index (Phi) is 7.50. The Morgan fingerprint density at radius 3 is 2.59 bits per heavy atom. The molecule has 1 rings (SSSR count). The smallest absolute Gasteiger partial charge is 0.320 e. The summed E-state index contributed by atoms with van der Waals surface area (Å²) < 4.78 is 10.6. The number of carbonyl (C=O) groups excluding carboxylic acids is 1. The quantitative estimate of drug-likeness (QED) is 0.552. The standard InChI is InChI=1S/C15H26N2O5/c1-5-6-10-7-11(15(19)20)17-13(10)14(16-9(2)18)12(22-4)8-21-3/h5-6,10-14,17H,7-8H2,1-4H3,(H,16,18)(H,19,20)/t10-,11-,12-,13-,14+/m1/s1. The molecule has 0 unspecified atom stereocenters. The van der Waals surface area contributed by atoms with Crippen molar-refractivity contribution in [3.63, 3.8) is 0 Å². The number of allylic oxidation sites excluding steroid dienone is 1. The molecule has 1 saturated heterocycles. The van der Waals surface area contributed by atoms with Gasteiger partial charge in [-0.25, -0.2) is 0 Å². The van der Waals surface area contributed by atoms with Gasteiger partial charge in [-0.2, -0.15) is 0 Å². The largest absolute Gasteiger partial charge is 0.480 e. The van der Waals surface area contributed by atoms with Crippen LogP contribution in [0, 0.1) is 5.92 Å². The topological polar surface area (TPSA) is 96.9 Å². The monoisotopic (exact) mass is 314 g/mol. The van der Waals surface area contributed by atoms with E-state index >= 15 is 0 Å². The summed E-state index contributed by atoms with van der Waals surface area (Å²) in [5.41, 5.74) is 0. The highest BCUT2D eigenvalue weighted by atomic mass is 16.5. The molecule has 0 aromatic rings. The molecule has 22 heavy (non-hydrogen) atoms. The molecule has 1 aliphatic heterocycles. The second kappa shape index (κ2) is 8.87. The normalized spacial score (nSPS) is 27.7. The number of carboxylic acids is 1. The van der Waals surface area contributed by atoms with E-state index in [1.165, 1.54) is 6.92 Å². The summed E-state index contributed by atoms with van der Waals surface area (Å²) >= 11 is 0. The Morgan fingerprint density at radius 2 is 2.14 bits per heavy atom. The van der Waals surface area contributed by atoms with Gasteiger partial charge in [0.2, 0.25) is 5.91 Å². The average Bonchev–Trinajstić information content (AvgIpc) is 2.87. The third-order valence-corrected chi connectivity index (χ3v) is 3.89. The zero-order valence-corrected chi connectivity index (χ0v) is 13.5. The Morgan fingerprint density at radius 1 is 1.45 bits per heavy atom. The molecule has 1 heterocycles. The molecule has 0 aromatic carbocycles. The Hall–Kier alpha value is -1.44. The number of rotatable bonds is 8. The van der Waals surface area contributed by atoms with Crippen molar-refractivity contribution in [2.45, 2.75) is 44.5 Å². The van der Waals surface area contributed by atoms with Crippen molar-refractivity contribution in [3.05, 3.63) is 12.2 Å². The molecule has 0 aromatic heterocycles. The lowest BCUT2D eigenvalue weighted by molar-refractivity contribution is -0.139. The van der Waals surface area contributed by atoms with Gasteiger partial charge in [0.05, 0.1) is 12.6 Å². The van der Waals surface area contributed by atoms with Gasteiger partial charge in [-0.15, -0.1) is 0 Å². The van der Waals surface area contributed by atoms with E-state index in [-0.39, 0.29) is 30.0 Å². The number of carboxylic acid groups (broad SMARTS) is 1. The maximum atomic E-state index is 11.5. The molecule has 7 heteroatoms. The third kappa shape index (κ3) is 4.79. The summed E-state index contributed by atoms with van der Waals surface area (Å²) in [5, 5.41) is 15.2. The number of amides is 1. The Bertz CT molecular complexity index is 413. The fraction of sp³-hybridized carbons (Fsp3) is 0.733. The van der Waals surface area contributed by atoms with Gasteiger partial charge in [-0.1, -0.05) is 12.2 Å². The van der Waals surface area contributed by atoms with Crippen molar-refractivity contribution in [1.29, 1.82) is 0 Å². The van der Waals surface area contributed by atoms with Crippen molar-refractivity contribution in [2.75, 3.05) is 20.8 Å². The average molecular weight is 314 g/mol. The highest BCUT2D eigenvalue weighted by Gasteiger charge is 2.43. The molecule has 5 atom stereocenters. The fourth-order valence-corrected chi connectivity index (χ4v) is 2.96. The van der Waals surface area contributed by atoms with E-state index < -0.39 is 12.0 Å². The van der Waals surface area contributed by atoms with Crippen LogP contribution in [0.5, 0.6) is 0 Å². The first kappa shape index (κ1) is 18.6. The van der Waals surface area contributed by atoms with E-state index in [0.717, 1.165) is 0 Å². The molecule has 1 amide bonds. The van der Waals surface area contributed by atoms with Crippen LogP contribution in [0.1, 0.15) is 20.3 Å². The molecular formula is C15H26N2O5. The second-order valence-corrected chi connectivity index (χ2v) is 5.46. The molecule has 0 aliphatic carbocycles. The molecular weight excluding hydrogens is 288 g/mol. The SMILES string of the molecule is CC=C[C@@H]1C[C@H](C(=O)O)N[C@H]1[C@@H](NC(C)=O)[C@@H](COC)OC. The van der Waals surface area contributed by atoms with Crippen molar-refractivity contribution < 1.29 is 24.2 Å². The lowest BCUT2D eigenvalue weighted by atomic mass is 9.90. The first-order valence-electron chi connectivity index (χ1n) is 7.35. The predicted octanol–water partition coefficient (Wildman–Crippen LogP) is 0.160. The van der Waals surface area contributed by atoms with Crippen LogP contribution in [0.2, 0.25) is 0 Å². The first-order chi connectivity index (χ1) is 10.4. The van der Waals surface area contributed by atoms with Crippen LogP contribution in [0.15, 0.2) is 12.2 Å². The van der Waals surface area contributed by atoms with Crippen LogP contribution in [0.3, 0.4) is 0 Å². The van der Waals surface area contributed by atoms with Crippen LogP contribution < -0.4 is 10.6 Å². The summed E-state index contributed by atoms with van der Waals surface area (Å²) in [6, 6.07) is -1.25. The van der Waals surface area contributed by atoms with Gasteiger partial charge in [0, 0.05) is 27.2 Å². The maximum Gasteiger partial charge on any atom is 0.320 e. The Labute approximate surface area is 131 Å². The highest BCUT2D eigenvalue weighted by molar-refractivity contribution is 5.75. The molecule has 3 N–H and O–H groups in total. The minimum absolute atomic E-state index is 0.00236.